The monoisotopic (exact) mass is 373 g/mol. The Morgan fingerprint density at radius 3 is 2.71 bits per heavy atom. The van der Waals surface area contributed by atoms with E-state index in [0.29, 0.717) is 24.5 Å². The lowest BCUT2D eigenvalue weighted by Gasteiger charge is -2.08. The Balaban J connectivity index is 1.56. The molecular weight excluding hydrogens is 354 g/mol. The average molecular weight is 373 g/mol. The minimum atomic E-state index is -0.489. The van der Waals surface area contributed by atoms with Crippen molar-refractivity contribution < 1.29 is 14.3 Å². The molecule has 0 fully saturated rings. The number of para-hydroxylation sites is 1. The van der Waals surface area contributed by atoms with Crippen molar-refractivity contribution in [3.05, 3.63) is 89.4 Å². The van der Waals surface area contributed by atoms with Crippen LogP contribution >= 0.6 is 0 Å². The minimum Gasteiger partial charge on any atom is -0.493 e. The quantitative estimate of drug-likeness (QED) is 0.488. The molecule has 0 N–H and O–H groups in total. The van der Waals surface area contributed by atoms with Crippen molar-refractivity contribution in [3.63, 3.8) is 0 Å². The van der Waals surface area contributed by atoms with Gasteiger partial charge in [-0.1, -0.05) is 42.5 Å². The number of aliphatic imine (C=N–C) groups is 1. The lowest BCUT2D eigenvalue weighted by Crippen LogP contribution is -2.07. The van der Waals surface area contributed by atoms with E-state index < -0.39 is 5.97 Å². The van der Waals surface area contributed by atoms with E-state index in [1.54, 1.807) is 12.3 Å². The molecule has 1 aromatic heterocycles. The summed E-state index contributed by atoms with van der Waals surface area (Å²) in [5.41, 5.74) is 2.82. The number of hydrogen-bond acceptors (Lipinski definition) is 5. The van der Waals surface area contributed by atoms with Crippen molar-refractivity contribution in [2.45, 2.75) is 13.5 Å². The van der Waals surface area contributed by atoms with Gasteiger partial charge in [0.2, 0.25) is 5.90 Å². The number of carbonyl (C=O) groups excluding carboxylic acids is 1. The summed E-state index contributed by atoms with van der Waals surface area (Å²) >= 11 is 0. The highest BCUT2D eigenvalue weighted by Crippen LogP contribution is 2.25. The molecule has 1 aliphatic heterocycles. The second kappa shape index (κ2) is 7.92. The molecule has 1 aliphatic rings. The average Bonchev–Trinajstić information content (AvgIpc) is 3.30. The van der Waals surface area contributed by atoms with Crippen LogP contribution in [0.5, 0.6) is 5.75 Å². The molecule has 0 saturated carbocycles. The molecule has 28 heavy (non-hydrogen) atoms. The predicted molar refractivity (Wildman–Crippen MR) is 106 cm³/mol. The van der Waals surface area contributed by atoms with Gasteiger partial charge in [-0.05, 0) is 30.7 Å². The van der Waals surface area contributed by atoms with Crippen LogP contribution in [0.25, 0.3) is 6.08 Å². The fraction of sp³-hybridized carbons (Fsp3) is 0.136. The van der Waals surface area contributed by atoms with Gasteiger partial charge in [0.15, 0.2) is 5.70 Å². The number of carbonyl (C=O) groups is 1. The third kappa shape index (κ3) is 3.86. The van der Waals surface area contributed by atoms with Gasteiger partial charge in [-0.25, -0.2) is 9.79 Å². The Kier molecular flexibility index (Phi) is 5.01. The smallest absolute Gasteiger partial charge is 0.363 e. The maximum absolute atomic E-state index is 12.3. The summed E-state index contributed by atoms with van der Waals surface area (Å²) in [6.45, 7) is 3.07. The first-order chi connectivity index (χ1) is 13.7. The highest BCUT2D eigenvalue weighted by Gasteiger charge is 2.26. The zero-order valence-electron chi connectivity index (χ0n) is 15.4. The fourth-order valence-electron chi connectivity index (χ4n) is 2.92. The van der Waals surface area contributed by atoms with Gasteiger partial charge in [-0.3, -0.25) is 4.68 Å². The lowest BCUT2D eigenvalue weighted by molar-refractivity contribution is -0.129. The molecule has 0 amide bonds. The second-order valence-electron chi connectivity index (χ2n) is 6.22. The van der Waals surface area contributed by atoms with E-state index in [1.165, 1.54) is 0 Å². The van der Waals surface area contributed by atoms with Crippen LogP contribution < -0.4 is 4.74 Å². The first kappa shape index (κ1) is 17.7. The molecule has 4 rings (SSSR count). The van der Waals surface area contributed by atoms with Gasteiger partial charge in [0, 0.05) is 11.8 Å². The van der Waals surface area contributed by atoms with Crippen LogP contribution in [0.15, 0.2) is 77.7 Å². The van der Waals surface area contributed by atoms with E-state index in [2.05, 4.69) is 10.1 Å². The number of benzene rings is 2. The predicted octanol–water partition coefficient (Wildman–Crippen LogP) is 3.67. The van der Waals surface area contributed by atoms with E-state index in [0.717, 1.165) is 11.1 Å². The molecule has 2 aromatic carbocycles. The van der Waals surface area contributed by atoms with Crippen LogP contribution in [0.1, 0.15) is 23.6 Å². The van der Waals surface area contributed by atoms with E-state index in [9.17, 15) is 4.79 Å². The van der Waals surface area contributed by atoms with Crippen LogP contribution in [0.4, 0.5) is 0 Å². The lowest BCUT2D eigenvalue weighted by atomic mass is 10.2. The summed E-state index contributed by atoms with van der Waals surface area (Å²) in [5.74, 6) is 0.391. The number of esters is 1. The van der Waals surface area contributed by atoms with Crippen LogP contribution in [0.2, 0.25) is 0 Å². The first-order valence-corrected chi connectivity index (χ1v) is 9.04. The Hall–Kier alpha value is -3.67. The second-order valence-corrected chi connectivity index (χ2v) is 6.22. The van der Waals surface area contributed by atoms with Gasteiger partial charge in [-0.15, -0.1) is 0 Å². The van der Waals surface area contributed by atoms with E-state index >= 15 is 0 Å². The molecule has 0 radical (unpaired) electrons. The van der Waals surface area contributed by atoms with Crippen molar-refractivity contribution >= 4 is 17.9 Å². The fourth-order valence-corrected chi connectivity index (χ4v) is 2.92. The Morgan fingerprint density at radius 2 is 1.89 bits per heavy atom. The van der Waals surface area contributed by atoms with Crippen LogP contribution in [-0.2, 0) is 16.1 Å². The maximum atomic E-state index is 12.3. The first-order valence-electron chi connectivity index (χ1n) is 9.04. The summed E-state index contributed by atoms with van der Waals surface area (Å²) in [6, 6.07) is 17.4. The highest BCUT2D eigenvalue weighted by atomic mass is 16.6. The topological polar surface area (TPSA) is 65.7 Å². The Labute approximate surface area is 162 Å². The Bertz CT molecular complexity index is 1050. The van der Waals surface area contributed by atoms with Gasteiger partial charge >= 0.3 is 5.97 Å². The van der Waals surface area contributed by atoms with Gasteiger partial charge in [0.25, 0.3) is 0 Å². The SMILES string of the molecule is CCOc1ccccc1C1=N/C(=C\c2cnn(Cc3ccccc3)c2)C(=O)O1. The van der Waals surface area contributed by atoms with Gasteiger partial charge in [-0.2, -0.15) is 5.10 Å². The normalized spacial score (nSPS) is 14.8. The molecule has 0 aliphatic carbocycles. The number of rotatable bonds is 6. The molecule has 140 valence electrons. The number of nitrogens with zero attached hydrogens (tertiary/aromatic N) is 3. The summed E-state index contributed by atoms with van der Waals surface area (Å²) < 4.78 is 12.8. The van der Waals surface area contributed by atoms with Gasteiger partial charge in [0.05, 0.1) is 24.9 Å². The molecule has 6 nitrogen and oxygen atoms in total. The molecule has 6 heteroatoms. The van der Waals surface area contributed by atoms with E-state index in [4.69, 9.17) is 9.47 Å². The van der Waals surface area contributed by atoms with Gasteiger partial charge in [0.1, 0.15) is 5.75 Å². The van der Waals surface area contributed by atoms with E-state index in [-0.39, 0.29) is 11.6 Å². The summed E-state index contributed by atoms with van der Waals surface area (Å²) in [5, 5.41) is 4.35. The van der Waals surface area contributed by atoms with Crippen LogP contribution in [-0.4, -0.2) is 28.3 Å². The molecule has 0 saturated heterocycles. The molecule has 0 spiro atoms. The van der Waals surface area contributed by atoms with Crippen molar-refractivity contribution in [3.8, 4) is 5.75 Å². The summed E-state index contributed by atoms with van der Waals surface area (Å²) in [7, 11) is 0. The highest BCUT2D eigenvalue weighted by molar-refractivity contribution is 6.13. The molecule has 3 aromatic rings. The molecule has 2 heterocycles. The van der Waals surface area contributed by atoms with Crippen LogP contribution in [0.3, 0.4) is 0 Å². The van der Waals surface area contributed by atoms with Crippen LogP contribution in [0, 0.1) is 0 Å². The van der Waals surface area contributed by atoms with Crippen molar-refractivity contribution in [2.24, 2.45) is 4.99 Å². The molecule has 0 atom stereocenters. The van der Waals surface area contributed by atoms with Crippen molar-refractivity contribution in [2.75, 3.05) is 6.61 Å². The third-order valence-electron chi connectivity index (χ3n) is 4.18. The zero-order valence-corrected chi connectivity index (χ0v) is 15.4. The number of aromatic nitrogens is 2. The minimum absolute atomic E-state index is 0.237. The summed E-state index contributed by atoms with van der Waals surface area (Å²) in [6.07, 6.45) is 5.24. The largest absolute Gasteiger partial charge is 0.493 e. The van der Waals surface area contributed by atoms with Gasteiger partial charge < -0.3 is 9.47 Å². The molecule has 0 unspecified atom stereocenters. The summed E-state index contributed by atoms with van der Waals surface area (Å²) in [4.78, 5) is 16.6. The Morgan fingerprint density at radius 1 is 1.11 bits per heavy atom. The van der Waals surface area contributed by atoms with E-state index in [1.807, 2.05) is 72.4 Å². The maximum Gasteiger partial charge on any atom is 0.363 e. The van der Waals surface area contributed by atoms with Crippen molar-refractivity contribution in [1.29, 1.82) is 0 Å². The molecule has 0 bridgehead atoms. The van der Waals surface area contributed by atoms with Crippen molar-refractivity contribution in [1.82, 2.24) is 9.78 Å². The number of cyclic esters (lactones) is 1. The third-order valence-corrected chi connectivity index (χ3v) is 4.18. The standard InChI is InChI=1S/C22H19N3O3/c1-2-27-20-11-7-6-10-18(20)21-24-19(22(26)28-21)12-17-13-23-25(15-17)14-16-8-4-3-5-9-16/h3-13,15H,2,14H2,1H3/b19-12-. The molecular formula is C22H19N3O3. The number of hydrogen-bond donors (Lipinski definition) is 0. The zero-order chi connectivity index (χ0) is 19.3. The number of ether oxygens (including phenoxy) is 2.